The zero-order chi connectivity index (χ0) is 14.7. The highest BCUT2D eigenvalue weighted by atomic mass is 32.1. The third-order valence-corrected chi connectivity index (χ3v) is 4.02. The first-order valence-corrected chi connectivity index (χ1v) is 7.58. The lowest BCUT2D eigenvalue weighted by Gasteiger charge is -2.15. The van der Waals surface area contributed by atoms with E-state index in [-0.39, 0.29) is 0 Å². The molecule has 0 saturated carbocycles. The molecule has 0 bridgehead atoms. The maximum Gasteiger partial charge on any atom is 0.178 e. The van der Waals surface area contributed by atoms with Gasteiger partial charge in [0.15, 0.2) is 4.77 Å². The number of aromatic amines is 1. The molecule has 1 aromatic carbocycles. The highest BCUT2D eigenvalue weighted by Crippen LogP contribution is 2.25. The standard InChI is InChI=1S/C16H21N3S/c1-11(2)6-4-7-12(3)19-14-9-5-8-13(10-17)15(14)18-16(19)20/h5,8-9,11-12H,4,6-7H2,1-3H3,(H,18,20). The lowest BCUT2D eigenvalue weighted by molar-refractivity contribution is 0.451. The van der Waals surface area contributed by atoms with Gasteiger partial charge < -0.3 is 9.55 Å². The van der Waals surface area contributed by atoms with Crippen LogP contribution in [0.1, 0.15) is 51.6 Å². The molecule has 0 fully saturated rings. The molecular weight excluding hydrogens is 266 g/mol. The van der Waals surface area contributed by atoms with Crippen LogP contribution in [-0.4, -0.2) is 9.55 Å². The third kappa shape index (κ3) is 2.94. The van der Waals surface area contributed by atoms with E-state index < -0.39 is 0 Å². The molecule has 1 N–H and O–H groups in total. The van der Waals surface area contributed by atoms with Gasteiger partial charge in [0.05, 0.1) is 16.6 Å². The van der Waals surface area contributed by atoms with Gasteiger partial charge in [0, 0.05) is 6.04 Å². The zero-order valence-corrected chi connectivity index (χ0v) is 13.1. The number of H-pyrrole nitrogens is 1. The number of rotatable bonds is 5. The number of para-hydroxylation sites is 1. The van der Waals surface area contributed by atoms with E-state index in [0.29, 0.717) is 16.4 Å². The largest absolute Gasteiger partial charge is 0.329 e. The van der Waals surface area contributed by atoms with Crippen LogP contribution in [0.3, 0.4) is 0 Å². The molecular formula is C16H21N3S. The van der Waals surface area contributed by atoms with Crippen molar-refractivity contribution in [1.29, 1.82) is 5.26 Å². The highest BCUT2D eigenvalue weighted by Gasteiger charge is 2.13. The van der Waals surface area contributed by atoms with Crippen molar-refractivity contribution >= 4 is 23.3 Å². The van der Waals surface area contributed by atoms with Crippen LogP contribution in [0.5, 0.6) is 0 Å². The number of nitrogens with zero attached hydrogens (tertiary/aromatic N) is 2. The highest BCUT2D eigenvalue weighted by molar-refractivity contribution is 7.71. The summed E-state index contributed by atoms with van der Waals surface area (Å²) in [7, 11) is 0. The lowest BCUT2D eigenvalue weighted by atomic mass is 10.0. The number of nitrogens with one attached hydrogen (secondary N) is 1. The minimum absolute atomic E-state index is 0.351. The Kier molecular flexibility index (Phi) is 4.61. The Morgan fingerprint density at radius 2 is 2.05 bits per heavy atom. The maximum atomic E-state index is 9.16. The molecule has 4 heteroatoms. The van der Waals surface area contributed by atoms with Crippen molar-refractivity contribution in [2.24, 2.45) is 5.92 Å². The fourth-order valence-electron chi connectivity index (χ4n) is 2.63. The van der Waals surface area contributed by atoms with Crippen LogP contribution in [0.15, 0.2) is 18.2 Å². The number of aromatic nitrogens is 2. The van der Waals surface area contributed by atoms with Gasteiger partial charge in [-0.05, 0) is 43.6 Å². The van der Waals surface area contributed by atoms with Crippen LogP contribution >= 0.6 is 12.2 Å². The van der Waals surface area contributed by atoms with Gasteiger partial charge in [-0.25, -0.2) is 0 Å². The average Bonchev–Trinajstić information content (AvgIpc) is 2.73. The van der Waals surface area contributed by atoms with Gasteiger partial charge >= 0.3 is 0 Å². The van der Waals surface area contributed by atoms with Gasteiger partial charge in [-0.15, -0.1) is 0 Å². The van der Waals surface area contributed by atoms with E-state index in [1.165, 1.54) is 12.8 Å². The molecule has 1 aromatic heterocycles. The molecule has 0 aliphatic rings. The molecule has 0 saturated heterocycles. The summed E-state index contributed by atoms with van der Waals surface area (Å²) >= 11 is 5.44. The van der Waals surface area contributed by atoms with Crippen LogP contribution in [-0.2, 0) is 0 Å². The molecule has 1 heterocycles. The zero-order valence-electron chi connectivity index (χ0n) is 12.3. The maximum absolute atomic E-state index is 9.16. The van der Waals surface area contributed by atoms with Crippen LogP contribution < -0.4 is 0 Å². The van der Waals surface area contributed by atoms with Gasteiger partial charge in [0.2, 0.25) is 0 Å². The van der Waals surface area contributed by atoms with Crippen molar-refractivity contribution in [3.63, 3.8) is 0 Å². The van der Waals surface area contributed by atoms with E-state index >= 15 is 0 Å². The van der Waals surface area contributed by atoms with E-state index in [2.05, 4.69) is 36.4 Å². The van der Waals surface area contributed by atoms with E-state index in [0.717, 1.165) is 23.4 Å². The second-order valence-corrected chi connectivity index (χ2v) is 6.17. The number of fused-ring (bicyclic) bond motifs is 1. The number of imidazole rings is 1. The minimum Gasteiger partial charge on any atom is -0.329 e. The Morgan fingerprint density at radius 1 is 1.30 bits per heavy atom. The van der Waals surface area contributed by atoms with Crippen LogP contribution in [0, 0.1) is 22.0 Å². The summed E-state index contributed by atoms with van der Waals surface area (Å²) in [4.78, 5) is 3.18. The van der Waals surface area contributed by atoms with Crippen molar-refractivity contribution in [2.75, 3.05) is 0 Å². The van der Waals surface area contributed by atoms with Crippen LogP contribution in [0.4, 0.5) is 0 Å². The second kappa shape index (κ2) is 6.23. The minimum atomic E-state index is 0.351. The number of hydrogen-bond acceptors (Lipinski definition) is 2. The first kappa shape index (κ1) is 14.8. The quantitative estimate of drug-likeness (QED) is 0.790. The summed E-state index contributed by atoms with van der Waals surface area (Å²) in [6, 6.07) is 8.34. The first-order valence-electron chi connectivity index (χ1n) is 7.18. The fraction of sp³-hybridized carbons (Fsp3) is 0.500. The van der Waals surface area contributed by atoms with E-state index in [4.69, 9.17) is 17.5 Å². The Labute approximate surface area is 125 Å². The predicted octanol–water partition coefficient (Wildman–Crippen LogP) is 4.96. The topological polar surface area (TPSA) is 44.5 Å². The van der Waals surface area contributed by atoms with Gasteiger partial charge in [0.25, 0.3) is 0 Å². The molecule has 20 heavy (non-hydrogen) atoms. The molecule has 0 aliphatic heterocycles. The Morgan fingerprint density at radius 3 is 2.70 bits per heavy atom. The summed E-state index contributed by atoms with van der Waals surface area (Å²) in [5.74, 6) is 0.739. The van der Waals surface area contributed by atoms with Crippen LogP contribution in [0.25, 0.3) is 11.0 Å². The number of benzene rings is 1. The summed E-state index contributed by atoms with van der Waals surface area (Å²) in [5, 5.41) is 9.16. The molecule has 0 spiro atoms. The van der Waals surface area contributed by atoms with Gasteiger partial charge in [0.1, 0.15) is 6.07 Å². The SMILES string of the molecule is CC(C)CCCC(C)n1c(=S)[nH]c2c(C#N)cccc21. The first-order chi connectivity index (χ1) is 9.54. The molecule has 2 aromatic rings. The number of nitriles is 1. The molecule has 3 nitrogen and oxygen atoms in total. The Balaban J connectivity index is 2.33. The van der Waals surface area contributed by atoms with Gasteiger partial charge in [-0.2, -0.15) is 5.26 Å². The molecule has 0 aliphatic carbocycles. The third-order valence-electron chi connectivity index (χ3n) is 3.72. The molecule has 0 radical (unpaired) electrons. The summed E-state index contributed by atoms with van der Waals surface area (Å²) in [6.07, 6.45) is 3.55. The van der Waals surface area contributed by atoms with E-state index in [1.807, 2.05) is 18.2 Å². The number of hydrogen-bond donors (Lipinski definition) is 1. The van der Waals surface area contributed by atoms with E-state index in [9.17, 15) is 0 Å². The molecule has 106 valence electrons. The summed E-state index contributed by atoms with van der Waals surface area (Å²) in [5.41, 5.74) is 2.54. The summed E-state index contributed by atoms with van der Waals surface area (Å²) < 4.78 is 2.85. The second-order valence-electron chi connectivity index (χ2n) is 5.79. The molecule has 1 atom stereocenters. The van der Waals surface area contributed by atoms with Crippen molar-refractivity contribution in [3.8, 4) is 6.07 Å². The van der Waals surface area contributed by atoms with Crippen molar-refractivity contribution < 1.29 is 0 Å². The smallest absolute Gasteiger partial charge is 0.178 e. The molecule has 2 rings (SSSR count). The van der Waals surface area contributed by atoms with Crippen LogP contribution in [0.2, 0.25) is 0 Å². The van der Waals surface area contributed by atoms with Crippen molar-refractivity contribution in [1.82, 2.24) is 9.55 Å². The van der Waals surface area contributed by atoms with E-state index in [1.54, 1.807) is 0 Å². The normalized spacial score (nSPS) is 12.8. The predicted molar refractivity (Wildman–Crippen MR) is 85.2 cm³/mol. The van der Waals surface area contributed by atoms with Gasteiger partial charge in [-0.1, -0.05) is 32.8 Å². The van der Waals surface area contributed by atoms with Crippen molar-refractivity contribution in [2.45, 2.75) is 46.1 Å². The Hall–Kier alpha value is -1.60. The summed E-state index contributed by atoms with van der Waals surface area (Å²) in [6.45, 7) is 6.70. The monoisotopic (exact) mass is 287 g/mol. The molecule has 1 unspecified atom stereocenters. The van der Waals surface area contributed by atoms with Gasteiger partial charge in [-0.3, -0.25) is 0 Å². The molecule has 0 amide bonds. The fourth-order valence-corrected chi connectivity index (χ4v) is 3.01. The lowest BCUT2D eigenvalue weighted by Crippen LogP contribution is -2.05. The Bertz CT molecular complexity index is 688. The van der Waals surface area contributed by atoms with Crippen molar-refractivity contribution in [3.05, 3.63) is 28.5 Å². The average molecular weight is 287 g/mol.